The molecule has 0 radical (unpaired) electrons. The summed E-state index contributed by atoms with van der Waals surface area (Å²) < 4.78 is 5.24. The Hall–Kier alpha value is -2.46. The molecule has 0 amide bonds. The first-order valence-electron chi connectivity index (χ1n) is 8.22. The summed E-state index contributed by atoms with van der Waals surface area (Å²) in [5, 5.41) is 13.3. The molecule has 128 valence electrons. The maximum atomic E-state index is 11.4. The Morgan fingerprint density at radius 2 is 2.04 bits per heavy atom. The van der Waals surface area contributed by atoms with Gasteiger partial charge in [-0.05, 0) is 47.7 Å². The average Bonchev–Trinajstić information content (AvgIpc) is 3.11. The van der Waals surface area contributed by atoms with Crippen LogP contribution >= 0.6 is 11.6 Å². The highest BCUT2D eigenvalue weighted by molar-refractivity contribution is 6.33. The first kappa shape index (κ1) is 16.0. The molecule has 0 aromatic heterocycles. The maximum absolute atomic E-state index is 11.4. The van der Waals surface area contributed by atoms with E-state index < -0.39 is 5.97 Å². The normalized spacial score (nSPS) is 23.5. The van der Waals surface area contributed by atoms with Crippen molar-refractivity contribution in [3.63, 3.8) is 0 Å². The summed E-state index contributed by atoms with van der Waals surface area (Å²) in [4.78, 5) is 11.4. The molecule has 0 fully saturated rings. The van der Waals surface area contributed by atoms with Gasteiger partial charge in [0, 0.05) is 5.92 Å². The number of methoxy groups -OCH3 is 1. The molecule has 0 bridgehead atoms. The van der Waals surface area contributed by atoms with Crippen molar-refractivity contribution in [1.82, 2.24) is 0 Å². The van der Waals surface area contributed by atoms with E-state index in [1.807, 2.05) is 12.1 Å². The molecule has 2 aromatic rings. The van der Waals surface area contributed by atoms with Crippen molar-refractivity contribution in [2.24, 2.45) is 5.92 Å². The van der Waals surface area contributed by atoms with Gasteiger partial charge in [0.2, 0.25) is 0 Å². The molecule has 4 nitrogen and oxygen atoms in total. The van der Waals surface area contributed by atoms with E-state index in [2.05, 4.69) is 29.6 Å². The summed E-state index contributed by atoms with van der Waals surface area (Å²) >= 11 is 6.41. The molecule has 0 saturated heterocycles. The summed E-state index contributed by atoms with van der Waals surface area (Å²) in [6.45, 7) is 0. The number of aromatic carboxylic acids is 1. The van der Waals surface area contributed by atoms with Gasteiger partial charge < -0.3 is 15.2 Å². The van der Waals surface area contributed by atoms with Crippen LogP contribution < -0.4 is 10.1 Å². The molecule has 4 rings (SSSR count). The minimum Gasteiger partial charge on any atom is -0.497 e. The summed E-state index contributed by atoms with van der Waals surface area (Å²) in [6, 6.07) is 11.4. The van der Waals surface area contributed by atoms with Crippen LogP contribution in [0.3, 0.4) is 0 Å². The fourth-order valence-corrected chi connectivity index (χ4v) is 4.20. The topological polar surface area (TPSA) is 58.6 Å². The first-order valence-corrected chi connectivity index (χ1v) is 8.60. The molecular weight excluding hydrogens is 338 g/mol. The van der Waals surface area contributed by atoms with Gasteiger partial charge in [0.25, 0.3) is 0 Å². The number of hydrogen-bond donors (Lipinski definition) is 2. The molecule has 25 heavy (non-hydrogen) atoms. The van der Waals surface area contributed by atoms with Crippen LogP contribution in [0.2, 0.25) is 5.02 Å². The lowest BCUT2D eigenvalue weighted by molar-refractivity contribution is 0.0696. The Morgan fingerprint density at radius 3 is 2.72 bits per heavy atom. The number of fused-ring (bicyclic) bond motifs is 3. The maximum Gasteiger partial charge on any atom is 0.335 e. The van der Waals surface area contributed by atoms with E-state index in [-0.39, 0.29) is 17.5 Å². The highest BCUT2D eigenvalue weighted by atomic mass is 35.5. The summed E-state index contributed by atoms with van der Waals surface area (Å²) in [5.41, 5.74) is 3.20. The number of halogens is 1. The highest BCUT2D eigenvalue weighted by Gasteiger charge is 2.39. The third kappa shape index (κ3) is 2.67. The number of anilines is 1. The number of carboxylic acids is 1. The Labute approximate surface area is 151 Å². The Balaban J connectivity index is 1.78. The molecule has 1 heterocycles. The van der Waals surface area contributed by atoms with E-state index in [9.17, 15) is 9.90 Å². The van der Waals surface area contributed by atoms with E-state index >= 15 is 0 Å². The van der Waals surface area contributed by atoms with Gasteiger partial charge in [0.15, 0.2) is 0 Å². The molecule has 1 aliphatic heterocycles. The van der Waals surface area contributed by atoms with Crippen molar-refractivity contribution in [3.8, 4) is 5.75 Å². The van der Waals surface area contributed by atoms with E-state index in [1.165, 1.54) is 11.6 Å². The van der Waals surface area contributed by atoms with Crippen LogP contribution in [0.1, 0.15) is 39.9 Å². The molecular formula is C20H18ClNO3. The lowest BCUT2D eigenvalue weighted by atomic mass is 9.76. The van der Waals surface area contributed by atoms with Crippen molar-refractivity contribution in [2.45, 2.75) is 18.4 Å². The number of rotatable bonds is 3. The zero-order valence-corrected chi connectivity index (χ0v) is 14.5. The largest absolute Gasteiger partial charge is 0.497 e. The Bertz CT molecular complexity index is 860. The molecule has 5 heteroatoms. The van der Waals surface area contributed by atoms with Crippen LogP contribution in [-0.4, -0.2) is 18.2 Å². The molecule has 0 saturated carbocycles. The standard InChI is InChI=1S/C20H18ClNO3/c1-25-13-7-5-11(6-8-13)18-15-4-2-3-14(15)16-9-12(20(23)24)10-17(21)19(16)22-18/h2-3,5-10,14-15,18,22H,4H2,1H3,(H,23,24)/t14-,15+,18+/m1/s1. The van der Waals surface area contributed by atoms with Crippen LogP contribution in [0.4, 0.5) is 5.69 Å². The number of ether oxygens (including phenoxy) is 1. The minimum atomic E-state index is -0.958. The van der Waals surface area contributed by atoms with E-state index in [4.69, 9.17) is 16.3 Å². The number of carbonyl (C=O) groups is 1. The predicted molar refractivity (Wildman–Crippen MR) is 97.8 cm³/mol. The third-order valence-electron chi connectivity index (χ3n) is 5.14. The number of hydrogen-bond acceptors (Lipinski definition) is 3. The fraction of sp³-hybridized carbons (Fsp3) is 0.250. The molecule has 2 aliphatic rings. The van der Waals surface area contributed by atoms with E-state index in [1.54, 1.807) is 13.2 Å². The molecule has 3 atom stereocenters. The van der Waals surface area contributed by atoms with Gasteiger partial charge in [-0.3, -0.25) is 0 Å². The second kappa shape index (κ2) is 6.12. The zero-order valence-electron chi connectivity index (χ0n) is 13.7. The molecule has 2 aromatic carbocycles. The van der Waals surface area contributed by atoms with Crippen LogP contribution in [0, 0.1) is 5.92 Å². The van der Waals surface area contributed by atoms with Gasteiger partial charge in [-0.1, -0.05) is 35.9 Å². The molecule has 1 aliphatic carbocycles. The van der Waals surface area contributed by atoms with Crippen LogP contribution in [-0.2, 0) is 0 Å². The lowest BCUT2D eigenvalue weighted by Gasteiger charge is -2.38. The summed E-state index contributed by atoms with van der Waals surface area (Å²) in [6.07, 6.45) is 5.29. The zero-order chi connectivity index (χ0) is 17.6. The fourth-order valence-electron chi connectivity index (χ4n) is 3.92. The molecule has 0 unspecified atom stereocenters. The van der Waals surface area contributed by atoms with Gasteiger partial charge in [-0.25, -0.2) is 4.79 Å². The lowest BCUT2D eigenvalue weighted by Crippen LogP contribution is -2.29. The van der Waals surface area contributed by atoms with Crippen LogP contribution in [0.25, 0.3) is 0 Å². The smallest absolute Gasteiger partial charge is 0.335 e. The number of benzene rings is 2. The van der Waals surface area contributed by atoms with Gasteiger partial charge in [-0.2, -0.15) is 0 Å². The monoisotopic (exact) mass is 355 g/mol. The summed E-state index contributed by atoms with van der Waals surface area (Å²) in [7, 11) is 1.65. The third-order valence-corrected chi connectivity index (χ3v) is 5.44. The highest BCUT2D eigenvalue weighted by Crippen LogP contribution is 2.51. The van der Waals surface area contributed by atoms with Crippen molar-refractivity contribution in [3.05, 3.63) is 70.3 Å². The number of carboxylic acid groups (broad SMARTS) is 1. The van der Waals surface area contributed by atoms with Gasteiger partial charge >= 0.3 is 5.97 Å². The quantitative estimate of drug-likeness (QED) is 0.771. The van der Waals surface area contributed by atoms with Crippen molar-refractivity contribution in [2.75, 3.05) is 12.4 Å². The predicted octanol–water partition coefficient (Wildman–Crippen LogP) is 4.87. The van der Waals surface area contributed by atoms with Crippen LogP contribution in [0.15, 0.2) is 48.6 Å². The number of nitrogens with one attached hydrogen (secondary N) is 1. The van der Waals surface area contributed by atoms with Crippen molar-refractivity contribution >= 4 is 23.3 Å². The van der Waals surface area contributed by atoms with Gasteiger partial charge in [0.1, 0.15) is 5.75 Å². The van der Waals surface area contributed by atoms with Crippen LogP contribution in [0.5, 0.6) is 5.75 Å². The first-order chi connectivity index (χ1) is 12.1. The summed E-state index contributed by atoms with van der Waals surface area (Å²) in [5.74, 6) is 0.367. The van der Waals surface area contributed by atoms with Crippen molar-refractivity contribution in [1.29, 1.82) is 0 Å². The van der Waals surface area contributed by atoms with E-state index in [0.717, 1.165) is 23.4 Å². The number of allylic oxidation sites excluding steroid dienone is 2. The Morgan fingerprint density at radius 1 is 1.28 bits per heavy atom. The van der Waals surface area contributed by atoms with Gasteiger partial charge in [0.05, 0.1) is 29.4 Å². The van der Waals surface area contributed by atoms with Crippen molar-refractivity contribution < 1.29 is 14.6 Å². The Kier molecular flexibility index (Phi) is 3.92. The minimum absolute atomic E-state index is 0.117. The second-order valence-electron chi connectivity index (χ2n) is 6.48. The molecule has 2 N–H and O–H groups in total. The van der Waals surface area contributed by atoms with Gasteiger partial charge in [-0.15, -0.1) is 0 Å². The SMILES string of the molecule is COc1ccc([C@@H]2Nc3c(Cl)cc(C(=O)O)cc3[C@@H]3C=CC[C@@H]32)cc1. The molecule has 0 spiro atoms. The van der Waals surface area contributed by atoms with E-state index in [0.29, 0.717) is 10.9 Å². The second-order valence-corrected chi connectivity index (χ2v) is 6.88. The average molecular weight is 356 g/mol.